The van der Waals surface area contributed by atoms with Crippen molar-refractivity contribution in [1.82, 2.24) is 24.8 Å². The summed E-state index contributed by atoms with van der Waals surface area (Å²) in [4.78, 5) is 16.8. The molecule has 0 atom stereocenters. The van der Waals surface area contributed by atoms with Crippen molar-refractivity contribution in [3.8, 4) is 0 Å². The van der Waals surface area contributed by atoms with Crippen LogP contribution in [-0.4, -0.2) is 39.1 Å². The average Bonchev–Trinajstić information content (AvgIpc) is 3.49. The van der Waals surface area contributed by atoms with Crippen LogP contribution in [0.3, 0.4) is 0 Å². The molecule has 1 amide bonds. The van der Waals surface area contributed by atoms with E-state index >= 15 is 0 Å². The molecule has 3 heterocycles. The summed E-state index contributed by atoms with van der Waals surface area (Å²) in [5, 5.41) is 16.6. The minimum absolute atomic E-state index is 0.312. The van der Waals surface area contributed by atoms with Gasteiger partial charge in [0.05, 0.1) is 17.1 Å². The summed E-state index contributed by atoms with van der Waals surface area (Å²) in [6.45, 7) is 1.85. The van der Waals surface area contributed by atoms with E-state index in [9.17, 15) is 13.2 Å². The molecule has 2 aromatic carbocycles. The third kappa shape index (κ3) is 4.74. The lowest BCUT2D eigenvalue weighted by molar-refractivity contribution is 0.102. The molecule has 0 aliphatic heterocycles. The molecule has 0 fully saturated rings. The van der Waals surface area contributed by atoms with Crippen LogP contribution in [0.5, 0.6) is 0 Å². The van der Waals surface area contributed by atoms with Crippen LogP contribution in [0.4, 0.5) is 23.0 Å². The number of nitrogens with two attached hydrogens (primary N) is 1. The molecule has 36 heavy (non-hydrogen) atoms. The summed E-state index contributed by atoms with van der Waals surface area (Å²) in [5.74, 6) is 0.123. The Morgan fingerprint density at radius 2 is 1.86 bits per heavy atom. The molecule has 0 aliphatic carbocycles. The fourth-order valence-electron chi connectivity index (χ4n) is 3.58. The number of hydrogen-bond acceptors (Lipinski definition) is 8. The number of fused-ring (bicyclic) bond motifs is 1. The molecule has 5 aromatic rings. The maximum atomic E-state index is 13.2. The smallest absolute Gasteiger partial charge is 0.268 e. The molecule has 0 bridgehead atoms. The number of carbonyl (C=O) groups is 1. The highest BCUT2D eigenvalue weighted by atomic mass is 32.2. The fourth-order valence-corrected chi connectivity index (χ4v) is 4.79. The van der Waals surface area contributed by atoms with E-state index in [0.717, 1.165) is 5.69 Å². The van der Waals surface area contributed by atoms with E-state index in [1.807, 2.05) is 6.92 Å². The van der Waals surface area contributed by atoms with Crippen LogP contribution in [0.1, 0.15) is 21.6 Å². The molecule has 3 aromatic heterocycles. The van der Waals surface area contributed by atoms with E-state index in [0.29, 0.717) is 39.7 Å². The zero-order valence-electron chi connectivity index (χ0n) is 19.1. The number of anilines is 4. The molecule has 0 saturated carbocycles. The first-order valence-corrected chi connectivity index (χ1v) is 12.6. The maximum Gasteiger partial charge on any atom is 0.268 e. The van der Waals surface area contributed by atoms with Gasteiger partial charge >= 0.3 is 0 Å². The number of carbonyl (C=O) groups excluding carboxylic acids is 1. The Hall–Kier alpha value is -4.71. The number of aromatic nitrogens is 5. The summed E-state index contributed by atoms with van der Waals surface area (Å²) in [5.41, 5.74) is 9.12. The van der Waals surface area contributed by atoms with Gasteiger partial charge in [-0.1, -0.05) is 24.3 Å². The highest BCUT2D eigenvalue weighted by molar-refractivity contribution is 7.90. The summed E-state index contributed by atoms with van der Waals surface area (Å²) < 4.78 is 27.8. The predicted octanol–water partition coefficient (Wildman–Crippen LogP) is 3.31. The lowest BCUT2D eigenvalue weighted by Crippen LogP contribution is -2.15. The van der Waals surface area contributed by atoms with E-state index in [1.54, 1.807) is 72.9 Å². The van der Waals surface area contributed by atoms with Gasteiger partial charge in [-0.15, -0.1) is 5.10 Å². The SMILES string of the molecule is Cc1cc(Nc2nc(S(=O)(=O)Cc3ccc(C(=O)Nc4ccccc4N)cc3)nn3cccc23)n[nH]1. The lowest BCUT2D eigenvalue weighted by Gasteiger charge is -2.10. The number of sulfone groups is 1. The number of H-pyrrole nitrogens is 1. The predicted molar refractivity (Wildman–Crippen MR) is 136 cm³/mol. The zero-order valence-corrected chi connectivity index (χ0v) is 20.0. The minimum Gasteiger partial charge on any atom is -0.397 e. The number of para-hydroxylation sites is 2. The van der Waals surface area contributed by atoms with Gasteiger partial charge < -0.3 is 16.4 Å². The number of nitrogens with one attached hydrogen (secondary N) is 3. The molecule has 0 saturated heterocycles. The largest absolute Gasteiger partial charge is 0.397 e. The first-order valence-electron chi connectivity index (χ1n) is 10.9. The Morgan fingerprint density at radius 3 is 2.58 bits per heavy atom. The summed E-state index contributed by atoms with van der Waals surface area (Å²) in [6, 6.07) is 18.5. The van der Waals surface area contributed by atoms with Crippen molar-refractivity contribution in [2.45, 2.75) is 17.8 Å². The van der Waals surface area contributed by atoms with Gasteiger partial charge in [0.25, 0.3) is 11.1 Å². The fraction of sp³-hybridized carbons (Fsp3) is 0.0833. The van der Waals surface area contributed by atoms with Crippen LogP contribution in [0.25, 0.3) is 5.52 Å². The number of aromatic amines is 1. The quantitative estimate of drug-likeness (QED) is 0.247. The second kappa shape index (κ2) is 9.15. The second-order valence-electron chi connectivity index (χ2n) is 8.14. The van der Waals surface area contributed by atoms with Crippen molar-refractivity contribution in [2.75, 3.05) is 16.4 Å². The van der Waals surface area contributed by atoms with E-state index in [2.05, 4.69) is 30.9 Å². The van der Waals surface area contributed by atoms with Gasteiger partial charge in [-0.2, -0.15) is 10.1 Å². The van der Waals surface area contributed by atoms with Gasteiger partial charge in [0.2, 0.25) is 9.84 Å². The number of hydrogen-bond donors (Lipinski definition) is 4. The van der Waals surface area contributed by atoms with Crippen LogP contribution in [-0.2, 0) is 15.6 Å². The van der Waals surface area contributed by atoms with E-state index in [4.69, 9.17) is 5.73 Å². The maximum absolute atomic E-state index is 13.2. The van der Waals surface area contributed by atoms with Crippen LogP contribution in [0.15, 0.2) is 78.1 Å². The van der Waals surface area contributed by atoms with Gasteiger partial charge in [0.1, 0.15) is 5.52 Å². The standard InChI is InChI=1S/C24H22N8O3S/c1-15-13-21(30-29-15)27-22-20-7-4-12-32(20)31-24(28-22)36(34,35)14-16-8-10-17(11-9-16)23(33)26-19-6-3-2-5-18(19)25/h2-13H,14,25H2,1H3,(H,26,33)(H2,27,28,29,30,31). The molecule has 0 aliphatic rings. The first kappa shape index (κ1) is 23.1. The third-order valence-electron chi connectivity index (χ3n) is 5.38. The van der Waals surface area contributed by atoms with Gasteiger partial charge in [-0.25, -0.2) is 12.9 Å². The summed E-state index contributed by atoms with van der Waals surface area (Å²) >= 11 is 0. The van der Waals surface area contributed by atoms with Crippen LogP contribution in [0.2, 0.25) is 0 Å². The summed E-state index contributed by atoms with van der Waals surface area (Å²) in [7, 11) is -3.91. The Morgan fingerprint density at radius 1 is 1.08 bits per heavy atom. The van der Waals surface area contributed by atoms with Gasteiger partial charge in [-0.05, 0) is 48.9 Å². The Labute approximate surface area is 206 Å². The van der Waals surface area contributed by atoms with E-state index in [1.165, 1.54) is 4.52 Å². The van der Waals surface area contributed by atoms with Crippen LogP contribution in [0, 0.1) is 6.92 Å². The van der Waals surface area contributed by atoms with E-state index < -0.39 is 9.84 Å². The number of nitrogens with zero attached hydrogens (tertiary/aromatic N) is 4. The third-order valence-corrected chi connectivity index (χ3v) is 6.83. The van der Waals surface area contributed by atoms with Crippen LogP contribution < -0.4 is 16.4 Å². The molecule has 0 radical (unpaired) electrons. The molecule has 0 unspecified atom stereocenters. The molecule has 12 heteroatoms. The van der Waals surface area contributed by atoms with Gasteiger partial charge in [-0.3, -0.25) is 9.89 Å². The van der Waals surface area contributed by atoms with Crippen LogP contribution >= 0.6 is 0 Å². The zero-order chi connectivity index (χ0) is 25.3. The van der Waals surface area contributed by atoms with Crippen molar-refractivity contribution < 1.29 is 13.2 Å². The lowest BCUT2D eigenvalue weighted by atomic mass is 10.1. The Bertz CT molecular complexity index is 1670. The molecule has 0 spiro atoms. The average molecular weight is 503 g/mol. The topological polar surface area (TPSA) is 160 Å². The Balaban J connectivity index is 1.36. The Kier molecular flexibility index (Phi) is 5.86. The van der Waals surface area contributed by atoms with Crippen molar-refractivity contribution in [3.05, 3.63) is 89.7 Å². The number of benzene rings is 2. The summed E-state index contributed by atoms with van der Waals surface area (Å²) in [6.07, 6.45) is 1.64. The molecule has 11 nitrogen and oxygen atoms in total. The molecular weight excluding hydrogens is 480 g/mol. The van der Waals surface area contributed by atoms with Crippen molar-refractivity contribution >= 4 is 44.3 Å². The highest BCUT2D eigenvalue weighted by Crippen LogP contribution is 2.23. The van der Waals surface area contributed by atoms with Gasteiger partial charge in [0, 0.05) is 23.5 Å². The number of amides is 1. The minimum atomic E-state index is -3.91. The van der Waals surface area contributed by atoms with Crippen molar-refractivity contribution in [1.29, 1.82) is 0 Å². The normalized spacial score (nSPS) is 11.5. The molecule has 5 N–H and O–H groups in total. The number of rotatable bonds is 7. The first-order chi connectivity index (χ1) is 17.3. The van der Waals surface area contributed by atoms with Gasteiger partial charge in [0.15, 0.2) is 11.6 Å². The highest BCUT2D eigenvalue weighted by Gasteiger charge is 2.22. The molecular formula is C24H22N8O3S. The number of aryl methyl sites for hydroxylation is 1. The monoisotopic (exact) mass is 502 g/mol. The van der Waals surface area contributed by atoms with E-state index in [-0.39, 0.29) is 16.8 Å². The second-order valence-corrected chi connectivity index (χ2v) is 10.0. The molecule has 182 valence electrons. The van der Waals surface area contributed by atoms with Crippen molar-refractivity contribution in [3.63, 3.8) is 0 Å². The molecule has 5 rings (SSSR count). The number of nitrogen functional groups attached to an aromatic ring is 1. The van der Waals surface area contributed by atoms with Crippen molar-refractivity contribution in [2.24, 2.45) is 0 Å².